The number of Topliss-reactive ketones (excluding diaryl/α,β-unsaturated/α-hetero) is 2. The maximum Gasteiger partial charge on any atom is 0.310 e. The summed E-state index contributed by atoms with van der Waals surface area (Å²) in [5.74, 6) is -2.86. The average molecular weight is 742 g/mol. The van der Waals surface area contributed by atoms with Crippen LogP contribution in [0.3, 0.4) is 0 Å². The summed E-state index contributed by atoms with van der Waals surface area (Å²) in [7, 11) is 6.23. The van der Waals surface area contributed by atoms with Crippen LogP contribution in [0.15, 0.2) is 30.3 Å². The lowest BCUT2D eigenvalue weighted by atomic mass is 9.77. The molecular formula is C42H67N3O8. The van der Waals surface area contributed by atoms with Gasteiger partial charge < -0.3 is 29.7 Å². The van der Waals surface area contributed by atoms with E-state index in [1.165, 1.54) is 7.11 Å². The number of hydrogen-bond donors (Lipinski definition) is 1. The van der Waals surface area contributed by atoms with Crippen molar-refractivity contribution in [3.63, 3.8) is 0 Å². The number of likely N-dealkylation sites (tertiary alicyclic amines) is 1. The Labute approximate surface area is 318 Å². The number of carbonyl (C=O) groups excluding carboxylic acids is 5. The molecule has 1 aromatic rings. The minimum absolute atomic E-state index is 0.0108. The van der Waals surface area contributed by atoms with Gasteiger partial charge in [0.15, 0.2) is 5.78 Å². The Morgan fingerprint density at radius 2 is 1.58 bits per heavy atom. The van der Waals surface area contributed by atoms with Crippen LogP contribution in [0.5, 0.6) is 0 Å². The number of likely N-dealkylation sites (N-methyl/N-ethyl adjacent to an activating group) is 1. The van der Waals surface area contributed by atoms with E-state index in [1.54, 1.807) is 40.0 Å². The zero-order valence-electron chi connectivity index (χ0n) is 34.2. The minimum atomic E-state index is -1.05. The van der Waals surface area contributed by atoms with Gasteiger partial charge in [-0.15, -0.1) is 0 Å². The Bertz CT molecular complexity index is 1400. The fourth-order valence-electron chi connectivity index (χ4n) is 8.45. The van der Waals surface area contributed by atoms with Crippen molar-refractivity contribution in [2.75, 3.05) is 34.9 Å². The molecule has 3 rings (SSSR count). The number of methoxy groups -OCH3 is 3. The SMILES string of the molecule is CC[C@H](C)[C@@H]([C@@H](CC(=O)N1CCC[C@H]1[C@H](OC)[C@@H](C)C(=O)C[C@H](C(=O)OC)C1(c2ccccc2)CC1)OC)N(C)C(=O)[C@@H](CC(=O)C(C)(C)N)C(C)C. The summed E-state index contributed by atoms with van der Waals surface area (Å²) < 4.78 is 17.2. The van der Waals surface area contributed by atoms with E-state index in [4.69, 9.17) is 19.9 Å². The van der Waals surface area contributed by atoms with Crippen molar-refractivity contribution in [1.29, 1.82) is 0 Å². The summed E-state index contributed by atoms with van der Waals surface area (Å²) >= 11 is 0. The summed E-state index contributed by atoms with van der Waals surface area (Å²) in [6.45, 7) is 13.6. The van der Waals surface area contributed by atoms with Crippen molar-refractivity contribution < 1.29 is 38.2 Å². The molecule has 298 valence electrons. The first kappa shape index (κ1) is 44.2. The maximum atomic E-state index is 14.2. The molecule has 2 N–H and O–H groups in total. The van der Waals surface area contributed by atoms with Gasteiger partial charge in [-0.05, 0) is 56.9 Å². The monoisotopic (exact) mass is 741 g/mol. The predicted molar refractivity (Wildman–Crippen MR) is 205 cm³/mol. The van der Waals surface area contributed by atoms with Crippen molar-refractivity contribution >= 4 is 29.4 Å². The molecule has 1 aliphatic heterocycles. The zero-order valence-corrected chi connectivity index (χ0v) is 34.2. The third kappa shape index (κ3) is 10.3. The van der Waals surface area contributed by atoms with Gasteiger partial charge in [-0.25, -0.2) is 0 Å². The summed E-state index contributed by atoms with van der Waals surface area (Å²) in [5, 5.41) is 0. The fraction of sp³-hybridized carbons (Fsp3) is 0.738. The number of hydrogen-bond acceptors (Lipinski definition) is 9. The van der Waals surface area contributed by atoms with Crippen LogP contribution >= 0.6 is 0 Å². The number of amides is 2. The van der Waals surface area contributed by atoms with E-state index in [0.717, 1.165) is 31.2 Å². The van der Waals surface area contributed by atoms with E-state index in [1.807, 2.05) is 69.9 Å². The molecule has 0 bridgehead atoms. The Hall–Kier alpha value is -3.15. The molecule has 1 saturated heterocycles. The largest absolute Gasteiger partial charge is 0.469 e. The van der Waals surface area contributed by atoms with Crippen molar-refractivity contribution in [3.8, 4) is 0 Å². The topological polar surface area (TPSA) is 146 Å². The molecule has 2 amide bonds. The minimum Gasteiger partial charge on any atom is -0.469 e. The van der Waals surface area contributed by atoms with Gasteiger partial charge in [0.05, 0.1) is 49.3 Å². The highest BCUT2D eigenvalue weighted by Gasteiger charge is 2.55. The Balaban J connectivity index is 1.80. The molecule has 1 saturated carbocycles. The third-order valence-corrected chi connectivity index (χ3v) is 12.3. The molecule has 8 atom stereocenters. The van der Waals surface area contributed by atoms with Crippen LogP contribution in [0.1, 0.15) is 105 Å². The number of rotatable bonds is 21. The van der Waals surface area contributed by atoms with E-state index in [9.17, 15) is 24.0 Å². The van der Waals surface area contributed by atoms with Gasteiger partial charge >= 0.3 is 5.97 Å². The van der Waals surface area contributed by atoms with E-state index in [2.05, 4.69) is 0 Å². The lowest BCUT2D eigenvalue weighted by Crippen LogP contribution is -2.54. The number of benzene rings is 1. The molecular weight excluding hydrogens is 674 g/mol. The standard InChI is InChI=1S/C42H67N3O8/c1-12-27(4)37(44(8)39(49)30(26(2)3)23-35(47)41(6,7)43)34(51-9)25-36(48)45-22-16-19-32(45)38(52-10)28(5)33(46)24-31(40(50)53-11)42(20-21-42)29-17-14-13-15-18-29/h13-15,17-18,26-28,30-32,34,37-38H,12,16,19-25,43H2,1-11H3/t27-,28-,30-,31+,32-,34+,37-,38+/m0/s1. The molecule has 11 heteroatoms. The van der Waals surface area contributed by atoms with Gasteiger partial charge in [-0.2, -0.15) is 0 Å². The van der Waals surface area contributed by atoms with Crippen LogP contribution in [0, 0.1) is 29.6 Å². The van der Waals surface area contributed by atoms with Gasteiger partial charge in [0.25, 0.3) is 0 Å². The molecule has 1 heterocycles. The van der Waals surface area contributed by atoms with Crippen LogP contribution in [0.2, 0.25) is 0 Å². The molecule has 0 aromatic heterocycles. The highest BCUT2D eigenvalue weighted by molar-refractivity contribution is 5.92. The van der Waals surface area contributed by atoms with Gasteiger partial charge in [-0.1, -0.05) is 71.4 Å². The van der Waals surface area contributed by atoms with Gasteiger partial charge in [-0.3, -0.25) is 24.0 Å². The highest BCUT2D eigenvalue weighted by Crippen LogP contribution is 2.55. The second kappa shape index (κ2) is 18.9. The van der Waals surface area contributed by atoms with Crippen molar-refractivity contribution in [2.45, 2.75) is 135 Å². The number of nitrogens with two attached hydrogens (primary N) is 1. The first-order valence-electron chi connectivity index (χ1n) is 19.5. The number of ketones is 2. The first-order valence-corrected chi connectivity index (χ1v) is 19.5. The van der Waals surface area contributed by atoms with E-state index in [-0.39, 0.29) is 60.5 Å². The van der Waals surface area contributed by atoms with Gasteiger partial charge in [0.2, 0.25) is 11.8 Å². The maximum absolute atomic E-state index is 14.2. The summed E-state index contributed by atoms with van der Waals surface area (Å²) in [5.41, 5.74) is 5.65. The normalized spacial score (nSPS) is 20.8. The first-order chi connectivity index (χ1) is 24.9. The molecule has 53 heavy (non-hydrogen) atoms. The van der Waals surface area contributed by atoms with Crippen LogP contribution in [0.25, 0.3) is 0 Å². The molecule has 0 radical (unpaired) electrons. The van der Waals surface area contributed by atoms with Crippen LogP contribution < -0.4 is 5.73 Å². The zero-order chi connectivity index (χ0) is 39.8. The quantitative estimate of drug-likeness (QED) is 0.165. The predicted octanol–water partition coefficient (Wildman–Crippen LogP) is 5.36. The van der Waals surface area contributed by atoms with E-state index >= 15 is 0 Å². The Morgan fingerprint density at radius 3 is 2.08 bits per heavy atom. The lowest BCUT2D eigenvalue weighted by Gasteiger charge is -2.41. The van der Waals surface area contributed by atoms with E-state index in [0.29, 0.717) is 13.0 Å². The lowest BCUT2D eigenvalue weighted by molar-refractivity contribution is -0.150. The van der Waals surface area contributed by atoms with Crippen molar-refractivity contribution in [3.05, 3.63) is 35.9 Å². The molecule has 2 fully saturated rings. The van der Waals surface area contributed by atoms with Crippen LogP contribution in [-0.2, 0) is 43.6 Å². The summed E-state index contributed by atoms with van der Waals surface area (Å²) in [6, 6.07) is 9.08. The number of carbonyl (C=O) groups is 5. The third-order valence-electron chi connectivity index (χ3n) is 12.3. The summed E-state index contributed by atoms with van der Waals surface area (Å²) in [4.78, 5) is 71.9. The van der Waals surface area contributed by atoms with Gasteiger partial charge in [0.1, 0.15) is 5.78 Å². The molecule has 11 nitrogen and oxygen atoms in total. The Kier molecular flexibility index (Phi) is 15.8. The second-order valence-electron chi connectivity index (χ2n) is 16.6. The van der Waals surface area contributed by atoms with E-state index < -0.39 is 52.9 Å². The highest BCUT2D eigenvalue weighted by atomic mass is 16.5. The Morgan fingerprint density at radius 1 is 0.962 bits per heavy atom. The fourth-order valence-corrected chi connectivity index (χ4v) is 8.45. The second-order valence-corrected chi connectivity index (χ2v) is 16.6. The average Bonchev–Trinajstić information content (AvgIpc) is 3.80. The molecule has 2 aliphatic rings. The van der Waals surface area contributed by atoms with Crippen molar-refractivity contribution in [2.24, 2.45) is 35.3 Å². The number of ether oxygens (including phenoxy) is 3. The van der Waals surface area contributed by atoms with Gasteiger partial charge in [0, 0.05) is 57.9 Å². The van der Waals surface area contributed by atoms with Crippen molar-refractivity contribution in [1.82, 2.24) is 9.80 Å². The molecule has 0 spiro atoms. The van der Waals surface area contributed by atoms with Crippen LogP contribution in [0.4, 0.5) is 0 Å². The molecule has 1 aromatic carbocycles. The summed E-state index contributed by atoms with van der Waals surface area (Å²) in [6.07, 6.45) is 2.67. The number of nitrogens with zero attached hydrogens (tertiary/aromatic N) is 2. The van der Waals surface area contributed by atoms with Crippen LogP contribution in [-0.4, -0.2) is 104 Å². The molecule has 0 unspecified atom stereocenters. The molecule has 1 aliphatic carbocycles. The number of esters is 1. The smallest absolute Gasteiger partial charge is 0.310 e.